The van der Waals surface area contributed by atoms with Crippen molar-refractivity contribution in [3.8, 4) is 0 Å². The highest BCUT2D eigenvalue weighted by Crippen LogP contribution is 2.52. The van der Waals surface area contributed by atoms with Crippen LogP contribution in [-0.4, -0.2) is 31.1 Å². The maximum Gasteiger partial charge on any atom is -0.00134 e. The van der Waals surface area contributed by atoms with Crippen LogP contribution in [0.3, 0.4) is 0 Å². The first-order valence-electron chi connectivity index (χ1n) is 7.35. The fourth-order valence-corrected chi connectivity index (χ4v) is 3.48. The molecule has 2 rings (SSSR count). The van der Waals surface area contributed by atoms with Gasteiger partial charge in [-0.1, -0.05) is 20.8 Å². The molecule has 100 valence electrons. The van der Waals surface area contributed by atoms with E-state index in [1.54, 1.807) is 0 Å². The Labute approximate surface area is 107 Å². The summed E-state index contributed by atoms with van der Waals surface area (Å²) >= 11 is 0. The molecular formula is C15H30N2. The molecule has 0 radical (unpaired) electrons. The van der Waals surface area contributed by atoms with E-state index >= 15 is 0 Å². The number of hydrogen-bond acceptors (Lipinski definition) is 2. The second-order valence-corrected chi connectivity index (χ2v) is 7.66. The van der Waals surface area contributed by atoms with E-state index in [1.807, 2.05) is 0 Å². The van der Waals surface area contributed by atoms with E-state index in [4.69, 9.17) is 5.73 Å². The van der Waals surface area contributed by atoms with Crippen LogP contribution < -0.4 is 5.73 Å². The zero-order valence-electron chi connectivity index (χ0n) is 12.0. The molecule has 2 nitrogen and oxygen atoms in total. The minimum atomic E-state index is 0.482. The molecule has 0 aromatic carbocycles. The van der Waals surface area contributed by atoms with Gasteiger partial charge in [-0.15, -0.1) is 0 Å². The SMILES string of the molecule is CC(C)(C)CCN1CCC2(CC1)CC(CN)C2. The van der Waals surface area contributed by atoms with E-state index in [9.17, 15) is 0 Å². The molecule has 1 saturated heterocycles. The minimum absolute atomic E-state index is 0.482. The van der Waals surface area contributed by atoms with Gasteiger partial charge in [-0.25, -0.2) is 0 Å². The van der Waals surface area contributed by atoms with Gasteiger partial charge < -0.3 is 10.6 Å². The molecule has 0 amide bonds. The van der Waals surface area contributed by atoms with Crippen molar-refractivity contribution in [2.45, 2.75) is 52.9 Å². The van der Waals surface area contributed by atoms with Gasteiger partial charge in [-0.3, -0.25) is 0 Å². The lowest BCUT2D eigenvalue weighted by Crippen LogP contribution is -2.49. The highest BCUT2D eigenvalue weighted by molar-refractivity contribution is 4.97. The third kappa shape index (κ3) is 3.45. The summed E-state index contributed by atoms with van der Waals surface area (Å²) in [6, 6.07) is 0. The smallest absolute Gasteiger partial charge is 0.00134 e. The van der Waals surface area contributed by atoms with E-state index < -0.39 is 0 Å². The Morgan fingerprint density at radius 3 is 2.24 bits per heavy atom. The molecule has 2 N–H and O–H groups in total. The first-order chi connectivity index (χ1) is 7.92. The molecule has 1 heterocycles. The number of piperidine rings is 1. The van der Waals surface area contributed by atoms with Gasteiger partial charge in [0.25, 0.3) is 0 Å². The van der Waals surface area contributed by atoms with Gasteiger partial charge in [0, 0.05) is 0 Å². The standard InChI is InChI=1S/C15H30N2/c1-14(2,3)4-7-17-8-5-15(6-9-17)10-13(11-15)12-16/h13H,4-12,16H2,1-3H3. The van der Waals surface area contributed by atoms with Gasteiger partial charge in [0.05, 0.1) is 0 Å². The fourth-order valence-electron chi connectivity index (χ4n) is 3.48. The lowest BCUT2D eigenvalue weighted by Gasteiger charge is -2.52. The van der Waals surface area contributed by atoms with Crippen molar-refractivity contribution in [1.29, 1.82) is 0 Å². The predicted molar refractivity (Wildman–Crippen MR) is 74.0 cm³/mol. The van der Waals surface area contributed by atoms with E-state index in [-0.39, 0.29) is 0 Å². The average Bonchev–Trinajstić information content (AvgIpc) is 2.23. The molecule has 2 fully saturated rings. The van der Waals surface area contributed by atoms with Crippen LogP contribution in [0.25, 0.3) is 0 Å². The summed E-state index contributed by atoms with van der Waals surface area (Å²) in [6.45, 7) is 11.9. The van der Waals surface area contributed by atoms with Crippen LogP contribution in [-0.2, 0) is 0 Å². The molecule has 0 unspecified atom stereocenters. The summed E-state index contributed by atoms with van der Waals surface area (Å²) in [4.78, 5) is 2.67. The molecule has 2 heteroatoms. The van der Waals surface area contributed by atoms with Crippen molar-refractivity contribution in [3.63, 3.8) is 0 Å². The van der Waals surface area contributed by atoms with Crippen LogP contribution in [0.1, 0.15) is 52.9 Å². The van der Waals surface area contributed by atoms with Crippen molar-refractivity contribution >= 4 is 0 Å². The first kappa shape index (κ1) is 13.4. The highest BCUT2D eigenvalue weighted by Gasteiger charge is 2.44. The Morgan fingerprint density at radius 1 is 1.18 bits per heavy atom. The van der Waals surface area contributed by atoms with Crippen LogP contribution in [0.15, 0.2) is 0 Å². The van der Waals surface area contributed by atoms with Crippen LogP contribution in [0, 0.1) is 16.7 Å². The normalized spacial score (nSPS) is 26.1. The third-order valence-corrected chi connectivity index (χ3v) is 4.87. The van der Waals surface area contributed by atoms with Gasteiger partial charge in [0.2, 0.25) is 0 Å². The Kier molecular flexibility index (Phi) is 3.84. The molecule has 1 aliphatic heterocycles. The zero-order valence-corrected chi connectivity index (χ0v) is 12.0. The summed E-state index contributed by atoms with van der Waals surface area (Å²) in [5.74, 6) is 0.844. The highest BCUT2D eigenvalue weighted by atomic mass is 15.1. The minimum Gasteiger partial charge on any atom is -0.330 e. The first-order valence-corrected chi connectivity index (χ1v) is 7.35. The summed E-state index contributed by atoms with van der Waals surface area (Å²) in [5, 5.41) is 0. The predicted octanol–water partition coefficient (Wildman–Crippen LogP) is 2.87. The van der Waals surface area contributed by atoms with Crippen LogP contribution in [0.5, 0.6) is 0 Å². The van der Waals surface area contributed by atoms with E-state index in [0.717, 1.165) is 12.5 Å². The molecule has 17 heavy (non-hydrogen) atoms. The lowest BCUT2D eigenvalue weighted by atomic mass is 9.57. The van der Waals surface area contributed by atoms with Crippen molar-refractivity contribution in [2.75, 3.05) is 26.2 Å². The molecular weight excluding hydrogens is 208 g/mol. The molecule has 0 aromatic rings. The summed E-state index contributed by atoms with van der Waals surface area (Å²) in [7, 11) is 0. The Morgan fingerprint density at radius 2 is 1.76 bits per heavy atom. The van der Waals surface area contributed by atoms with Gasteiger partial charge in [-0.05, 0) is 75.0 Å². The number of rotatable bonds is 3. The maximum absolute atomic E-state index is 5.74. The number of nitrogens with zero attached hydrogens (tertiary/aromatic N) is 1. The third-order valence-electron chi connectivity index (χ3n) is 4.87. The Bertz CT molecular complexity index is 238. The monoisotopic (exact) mass is 238 g/mol. The van der Waals surface area contributed by atoms with Crippen molar-refractivity contribution < 1.29 is 0 Å². The van der Waals surface area contributed by atoms with Gasteiger partial charge in [0.1, 0.15) is 0 Å². The molecule has 2 aliphatic rings. The van der Waals surface area contributed by atoms with E-state index in [0.29, 0.717) is 10.8 Å². The Hall–Kier alpha value is -0.0800. The van der Waals surface area contributed by atoms with Gasteiger partial charge in [0.15, 0.2) is 0 Å². The van der Waals surface area contributed by atoms with Crippen molar-refractivity contribution in [1.82, 2.24) is 4.90 Å². The maximum atomic E-state index is 5.74. The van der Waals surface area contributed by atoms with E-state index in [2.05, 4.69) is 25.7 Å². The molecule has 0 atom stereocenters. The van der Waals surface area contributed by atoms with Crippen LogP contribution in [0.2, 0.25) is 0 Å². The molecule has 0 aromatic heterocycles. The number of nitrogens with two attached hydrogens (primary N) is 1. The zero-order chi connectivity index (χ0) is 12.5. The fraction of sp³-hybridized carbons (Fsp3) is 1.00. The van der Waals surface area contributed by atoms with Gasteiger partial charge >= 0.3 is 0 Å². The summed E-state index contributed by atoms with van der Waals surface area (Å²) < 4.78 is 0. The number of likely N-dealkylation sites (tertiary alicyclic amines) is 1. The number of hydrogen-bond donors (Lipinski definition) is 1. The lowest BCUT2D eigenvalue weighted by molar-refractivity contribution is -0.0113. The topological polar surface area (TPSA) is 29.3 Å². The average molecular weight is 238 g/mol. The molecule has 1 aliphatic carbocycles. The molecule has 0 bridgehead atoms. The second-order valence-electron chi connectivity index (χ2n) is 7.66. The largest absolute Gasteiger partial charge is 0.330 e. The quantitative estimate of drug-likeness (QED) is 0.819. The van der Waals surface area contributed by atoms with Crippen LogP contribution in [0.4, 0.5) is 0 Å². The second kappa shape index (κ2) is 4.89. The molecule has 1 spiro atoms. The van der Waals surface area contributed by atoms with E-state index in [1.165, 1.54) is 51.7 Å². The van der Waals surface area contributed by atoms with Crippen molar-refractivity contribution in [2.24, 2.45) is 22.5 Å². The summed E-state index contributed by atoms with van der Waals surface area (Å²) in [5.41, 5.74) is 6.93. The van der Waals surface area contributed by atoms with Gasteiger partial charge in [-0.2, -0.15) is 0 Å². The molecule has 1 saturated carbocycles. The summed E-state index contributed by atoms with van der Waals surface area (Å²) in [6.07, 6.45) is 7.00. The Balaban J connectivity index is 1.69. The van der Waals surface area contributed by atoms with Crippen LogP contribution >= 0.6 is 0 Å². The van der Waals surface area contributed by atoms with Crippen molar-refractivity contribution in [3.05, 3.63) is 0 Å².